The maximum Gasteiger partial charge on any atom is 0.327 e. The average molecular weight is 286 g/mol. The largest absolute Gasteiger partial charge is 0.480 e. The van der Waals surface area contributed by atoms with Crippen molar-refractivity contribution in [2.45, 2.75) is 50.6 Å². The molecule has 0 aromatic heterocycles. The molecule has 2 fully saturated rings. The maximum absolute atomic E-state index is 12.3. The van der Waals surface area contributed by atoms with Crippen molar-refractivity contribution in [1.29, 1.82) is 0 Å². The average Bonchev–Trinajstić information content (AvgIpc) is 3.13. The summed E-state index contributed by atoms with van der Waals surface area (Å²) in [6.07, 6.45) is 3.19. The lowest BCUT2D eigenvalue weighted by atomic mass is 10.2. The zero-order valence-corrected chi connectivity index (χ0v) is 12.3. The molecular formula is C13H22N2O3S. The van der Waals surface area contributed by atoms with Crippen LogP contribution in [0.4, 0.5) is 0 Å². The third-order valence-corrected chi connectivity index (χ3v) is 5.31. The fourth-order valence-corrected chi connectivity index (χ4v) is 3.93. The molecule has 1 amide bonds. The molecule has 0 radical (unpaired) electrons. The highest BCUT2D eigenvalue weighted by molar-refractivity contribution is 8.00. The molecule has 1 aliphatic heterocycles. The van der Waals surface area contributed by atoms with E-state index in [1.807, 2.05) is 6.92 Å². The minimum Gasteiger partial charge on any atom is -0.480 e. The lowest BCUT2D eigenvalue weighted by Crippen LogP contribution is -2.50. The number of carboxylic acid groups (broad SMARTS) is 1. The predicted molar refractivity (Wildman–Crippen MR) is 75.0 cm³/mol. The number of thioether (sulfide) groups is 1. The molecule has 19 heavy (non-hydrogen) atoms. The minimum absolute atomic E-state index is 0.0744. The molecule has 108 valence electrons. The Labute approximate surface area is 118 Å². The highest BCUT2D eigenvalue weighted by Crippen LogP contribution is 2.45. The second-order valence-corrected chi connectivity index (χ2v) is 6.56. The van der Waals surface area contributed by atoms with E-state index in [0.717, 1.165) is 19.3 Å². The van der Waals surface area contributed by atoms with E-state index in [1.165, 1.54) is 0 Å². The Hall–Kier alpha value is -0.750. The number of hydrogen-bond acceptors (Lipinski definition) is 4. The molecule has 0 spiro atoms. The number of carboxylic acids is 1. The fraction of sp³-hybridized carbons (Fsp3) is 0.846. The van der Waals surface area contributed by atoms with Crippen LogP contribution >= 0.6 is 11.8 Å². The third kappa shape index (κ3) is 3.42. The van der Waals surface area contributed by atoms with E-state index < -0.39 is 12.0 Å². The Kier molecular flexibility index (Phi) is 4.73. The van der Waals surface area contributed by atoms with Crippen LogP contribution in [0.1, 0.15) is 33.1 Å². The Bertz CT molecular complexity index is 360. The van der Waals surface area contributed by atoms with Gasteiger partial charge in [-0.3, -0.25) is 4.79 Å². The van der Waals surface area contributed by atoms with Gasteiger partial charge < -0.3 is 15.3 Å². The van der Waals surface area contributed by atoms with Crippen LogP contribution in [0.2, 0.25) is 0 Å². The van der Waals surface area contributed by atoms with Crippen LogP contribution in [0, 0.1) is 5.92 Å². The second-order valence-electron chi connectivity index (χ2n) is 5.41. The van der Waals surface area contributed by atoms with E-state index in [0.29, 0.717) is 11.7 Å². The lowest BCUT2D eigenvalue weighted by Gasteiger charge is -2.28. The van der Waals surface area contributed by atoms with Crippen molar-refractivity contribution < 1.29 is 14.7 Å². The summed E-state index contributed by atoms with van der Waals surface area (Å²) in [4.78, 5) is 25.2. The number of hydrogen-bond donors (Lipinski definition) is 2. The zero-order valence-electron chi connectivity index (χ0n) is 11.5. The van der Waals surface area contributed by atoms with Gasteiger partial charge in [0.2, 0.25) is 5.91 Å². The van der Waals surface area contributed by atoms with Crippen LogP contribution in [-0.4, -0.2) is 51.6 Å². The first kappa shape index (κ1) is 14.7. The van der Waals surface area contributed by atoms with Crippen molar-refractivity contribution in [3.05, 3.63) is 0 Å². The summed E-state index contributed by atoms with van der Waals surface area (Å²) >= 11 is 1.62. The highest BCUT2D eigenvalue weighted by atomic mass is 32.2. The Balaban J connectivity index is 1.99. The van der Waals surface area contributed by atoms with E-state index in [2.05, 4.69) is 12.2 Å². The summed E-state index contributed by atoms with van der Waals surface area (Å²) in [7, 11) is 0. The maximum atomic E-state index is 12.3. The SMILES string of the molecule is CCC(C)NCC(=O)N1C(C(=O)O)CSC1C1CC1. The summed E-state index contributed by atoms with van der Waals surface area (Å²) < 4.78 is 0. The molecule has 1 aliphatic carbocycles. The molecule has 0 aromatic rings. The Morgan fingerprint density at radius 3 is 2.68 bits per heavy atom. The summed E-state index contributed by atoms with van der Waals surface area (Å²) in [5.41, 5.74) is 0. The molecule has 5 nitrogen and oxygen atoms in total. The quantitative estimate of drug-likeness (QED) is 0.766. The van der Waals surface area contributed by atoms with Crippen molar-refractivity contribution in [3.63, 3.8) is 0 Å². The van der Waals surface area contributed by atoms with Gasteiger partial charge in [-0.05, 0) is 32.1 Å². The first-order valence-corrected chi connectivity index (χ1v) is 7.98. The van der Waals surface area contributed by atoms with Gasteiger partial charge in [0.15, 0.2) is 0 Å². The van der Waals surface area contributed by atoms with Gasteiger partial charge >= 0.3 is 5.97 Å². The number of amides is 1. The van der Waals surface area contributed by atoms with Crippen molar-refractivity contribution in [2.75, 3.05) is 12.3 Å². The van der Waals surface area contributed by atoms with Crippen LogP contribution in [0.25, 0.3) is 0 Å². The van der Waals surface area contributed by atoms with Crippen LogP contribution in [0.15, 0.2) is 0 Å². The molecule has 2 N–H and O–H groups in total. The van der Waals surface area contributed by atoms with Gasteiger partial charge in [0, 0.05) is 11.8 Å². The fourth-order valence-electron chi connectivity index (χ4n) is 2.28. The summed E-state index contributed by atoms with van der Waals surface area (Å²) in [5.74, 6) is 0.0648. The normalized spacial score (nSPS) is 28.4. The van der Waals surface area contributed by atoms with Crippen LogP contribution in [-0.2, 0) is 9.59 Å². The standard InChI is InChI=1S/C13H22N2O3S/c1-3-8(2)14-6-11(16)15-10(13(17)18)7-19-12(15)9-4-5-9/h8-10,12,14H,3-7H2,1-2H3,(H,17,18). The van der Waals surface area contributed by atoms with Crippen LogP contribution < -0.4 is 5.32 Å². The smallest absolute Gasteiger partial charge is 0.327 e. The third-order valence-electron chi connectivity index (χ3n) is 3.85. The van der Waals surface area contributed by atoms with Gasteiger partial charge in [0.25, 0.3) is 0 Å². The summed E-state index contributed by atoms with van der Waals surface area (Å²) in [6.45, 7) is 4.32. The van der Waals surface area contributed by atoms with Gasteiger partial charge in [0.1, 0.15) is 6.04 Å². The van der Waals surface area contributed by atoms with E-state index in [9.17, 15) is 14.7 Å². The number of nitrogens with one attached hydrogen (secondary N) is 1. The lowest BCUT2D eigenvalue weighted by molar-refractivity contribution is -0.149. The molecular weight excluding hydrogens is 264 g/mol. The second kappa shape index (κ2) is 6.13. The number of aliphatic carboxylic acids is 1. The van der Waals surface area contributed by atoms with E-state index in [1.54, 1.807) is 16.7 Å². The van der Waals surface area contributed by atoms with Crippen LogP contribution in [0.5, 0.6) is 0 Å². The molecule has 6 heteroatoms. The van der Waals surface area contributed by atoms with Crippen molar-refractivity contribution in [3.8, 4) is 0 Å². The highest BCUT2D eigenvalue weighted by Gasteiger charge is 2.47. The summed E-state index contributed by atoms with van der Waals surface area (Å²) in [6, 6.07) is -0.372. The van der Waals surface area contributed by atoms with Gasteiger partial charge in [-0.15, -0.1) is 11.8 Å². The number of carbonyl (C=O) groups excluding carboxylic acids is 1. The van der Waals surface area contributed by atoms with E-state index >= 15 is 0 Å². The predicted octanol–water partition coefficient (Wildman–Crippen LogP) is 1.14. The molecule has 1 saturated heterocycles. The van der Waals surface area contributed by atoms with Crippen molar-refractivity contribution >= 4 is 23.6 Å². The van der Waals surface area contributed by atoms with Gasteiger partial charge in [-0.1, -0.05) is 6.92 Å². The first-order valence-electron chi connectivity index (χ1n) is 6.93. The topological polar surface area (TPSA) is 69.6 Å². The molecule has 0 aromatic carbocycles. The molecule has 3 atom stereocenters. The van der Waals surface area contributed by atoms with Crippen LogP contribution in [0.3, 0.4) is 0 Å². The van der Waals surface area contributed by atoms with Gasteiger partial charge in [-0.2, -0.15) is 0 Å². The minimum atomic E-state index is -0.882. The molecule has 1 heterocycles. The summed E-state index contributed by atoms with van der Waals surface area (Å²) in [5, 5.41) is 12.5. The molecule has 3 unspecified atom stereocenters. The Morgan fingerprint density at radius 1 is 1.47 bits per heavy atom. The van der Waals surface area contributed by atoms with Crippen molar-refractivity contribution in [2.24, 2.45) is 5.92 Å². The molecule has 1 saturated carbocycles. The molecule has 2 rings (SSSR count). The molecule has 2 aliphatic rings. The number of nitrogens with zero attached hydrogens (tertiary/aromatic N) is 1. The van der Waals surface area contributed by atoms with E-state index in [4.69, 9.17) is 0 Å². The van der Waals surface area contributed by atoms with Crippen molar-refractivity contribution in [1.82, 2.24) is 10.2 Å². The van der Waals surface area contributed by atoms with Gasteiger partial charge in [0.05, 0.1) is 11.9 Å². The molecule has 0 bridgehead atoms. The number of rotatable bonds is 6. The number of carbonyl (C=O) groups is 2. The monoisotopic (exact) mass is 286 g/mol. The first-order chi connectivity index (χ1) is 9.04. The van der Waals surface area contributed by atoms with E-state index in [-0.39, 0.29) is 23.9 Å². The zero-order chi connectivity index (χ0) is 14.0. The Morgan fingerprint density at radius 2 is 2.16 bits per heavy atom. The van der Waals surface area contributed by atoms with Gasteiger partial charge in [-0.25, -0.2) is 4.79 Å².